The third-order valence-electron chi connectivity index (χ3n) is 1.83. The van der Waals surface area contributed by atoms with Gasteiger partial charge in [0, 0.05) is 27.9 Å². The molecule has 1 aliphatic rings. The van der Waals surface area contributed by atoms with Crippen molar-refractivity contribution in [2.75, 3.05) is 29.7 Å². The summed E-state index contributed by atoms with van der Waals surface area (Å²) in [5.74, 6) is 1.92. The Kier molecular flexibility index (Phi) is 8.17. The molecule has 1 fully saturated rings. The van der Waals surface area contributed by atoms with Crippen molar-refractivity contribution >= 4 is 57.8 Å². The Labute approximate surface area is 120 Å². The van der Waals surface area contributed by atoms with E-state index in [0.29, 0.717) is 18.4 Å². The van der Waals surface area contributed by atoms with Crippen LogP contribution in [0.2, 0.25) is 0 Å². The SMILES string of the molecule is C=CC(=O)OCCNC(=S)SC1CSCSC1. The van der Waals surface area contributed by atoms with Gasteiger partial charge in [0.2, 0.25) is 0 Å². The Morgan fingerprint density at radius 1 is 1.59 bits per heavy atom. The van der Waals surface area contributed by atoms with E-state index in [2.05, 4.69) is 11.9 Å². The number of thioether (sulfide) groups is 3. The van der Waals surface area contributed by atoms with Crippen molar-refractivity contribution in [3.63, 3.8) is 0 Å². The smallest absolute Gasteiger partial charge is 0.330 e. The standard InChI is InChI=1S/C10H15NO2S4/c1-2-9(12)13-4-3-11-10(14)17-8-5-15-7-16-6-8/h2,8H,1,3-7H2,(H,11,14). The highest BCUT2D eigenvalue weighted by Gasteiger charge is 2.16. The fraction of sp³-hybridized carbons (Fsp3) is 0.600. The highest BCUT2D eigenvalue weighted by Crippen LogP contribution is 2.29. The molecule has 0 atom stereocenters. The Morgan fingerprint density at radius 3 is 2.94 bits per heavy atom. The van der Waals surface area contributed by atoms with E-state index in [-0.39, 0.29) is 0 Å². The summed E-state index contributed by atoms with van der Waals surface area (Å²) >= 11 is 10.8. The largest absolute Gasteiger partial charge is 0.461 e. The maximum absolute atomic E-state index is 10.8. The molecule has 96 valence electrons. The quantitative estimate of drug-likeness (QED) is 0.361. The van der Waals surface area contributed by atoms with E-state index in [1.54, 1.807) is 11.8 Å². The van der Waals surface area contributed by atoms with E-state index in [9.17, 15) is 4.79 Å². The second-order valence-electron chi connectivity index (χ2n) is 3.19. The van der Waals surface area contributed by atoms with E-state index < -0.39 is 5.97 Å². The maximum atomic E-state index is 10.8. The van der Waals surface area contributed by atoms with Gasteiger partial charge in [0.05, 0.1) is 6.54 Å². The van der Waals surface area contributed by atoms with Gasteiger partial charge in [-0.2, -0.15) is 0 Å². The molecule has 0 unspecified atom stereocenters. The molecule has 17 heavy (non-hydrogen) atoms. The molecule has 0 spiro atoms. The zero-order valence-corrected chi connectivity index (χ0v) is 12.6. The molecule has 0 amide bonds. The summed E-state index contributed by atoms with van der Waals surface area (Å²) in [6, 6.07) is 0. The lowest BCUT2D eigenvalue weighted by atomic mass is 10.5. The van der Waals surface area contributed by atoms with Crippen LogP contribution in [-0.4, -0.2) is 45.3 Å². The average molecular weight is 310 g/mol. The van der Waals surface area contributed by atoms with Crippen LogP contribution in [0.4, 0.5) is 0 Å². The Bertz CT molecular complexity index is 279. The minimum absolute atomic E-state index is 0.319. The molecule has 1 N–H and O–H groups in total. The molecule has 1 aliphatic heterocycles. The average Bonchev–Trinajstić information content (AvgIpc) is 2.35. The zero-order chi connectivity index (χ0) is 12.5. The van der Waals surface area contributed by atoms with Crippen molar-refractivity contribution in [3.05, 3.63) is 12.7 Å². The van der Waals surface area contributed by atoms with Gasteiger partial charge >= 0.3 is 5.97 Å². The lowest BCUT2D eigenvalue weighted by Crippen LogP contribution is -2.27. The maximum Gasteiger partial charge on any atom is 0.330 e. The van der Waals surface area contributed by atoms with Crippen LogP contribution in [0.5, 0.6) is 0 Å². The molecule has 0 radical (unpaired) electrons. The second kappa shape index (κ2) is 9.13. The number of rotatable bonds is 5. The number of thiocarbonyl (C=S) groups is 1. The van der Waals surface area contributed by atoms with E-state index >= 15 is 0 Å². The number of hydrogen-bond acceptors (Lipinski definition) is 6. The Hall–Kier alpha value is 0.150. The summed E-state index contributed by atoms with van der Waals surface area (Å²) in [6.45, 7) is 4.20. The summed E-state index contributed by atoms with van der Waals surface area (Å²) in [6.07, 6.45) is 1.16. The number of hydrogen-bond donors (Lipinski definition) is 1. The highest BCUT2D eigenvalue weighted by molar-refractivity contribution is 8.25. The second-order valence-corrected chi connectivity index (χ2v) is 7.59. The van der Waals surface area contributed by atoms with Crippen LogP contribution in [0.3, 0.4) is 0 Å². The fourth-order valence-corrected chi connectivity index (χ4v) is 5.36. The van der Waals surface area contributed by atoms with Crippen LogP contribution in [0.15, 0.2) is 12.7 Å². The molecule has 0 aromatic carbocycles. The molecule has 1 heterocycles. The molecule has 0 saturated carbocycles. The predicted octanol–water partition coefficient (Wildman–Crippen LogP) is 2.13. The van der Waals surface area contributed by atoms with Gasteiger partial charge in [-0.05, 0) is 0 Å². The van der Waals surface area contributed by atoms with Crippen molar-refractivity contribution in [2.24, 2.45) is 0 Å². The van der Waals surface area contributed by atoms with Crippen LogP contribution in [0.1, 0.15) is 0 Å². The summed E-state index contributed by atoms with van der Waals surface area (Å²) in [7, 11) is 0. The van der Waals surface area contributed by atoms with Gasteiger partial charge in [-0.15, -0.1) is 23.5 Å². The van der Waals surface area contributed by atoms with Crippen molar-refractivity contribution in [1.29, 1.82) is 0 Å². The number of nitrogens with one attached hydrogen (secondary N) is 1. The van der Waals surface area contributed by atoms with E-state index in [1.807, 2.05) is 23.5 Å². The zero-order valence-electron chi connectivity index (χ0n) is 9.35. The van der Waals surface area contributed by atoms with Crippen LogP contribution in [0, 0.1) is 0 Å². The van der Waals surface area contributed by atoms with Gasteiger partial charge in [-0.25, -0.2) is 4.79 Å². The lowest BCUT2D eigenvalue weighted by Gasteiger charge is -2.20. The Morgan fingerprint density at radius 2 is 2.29 bits per heavy atom. The van der Waals surface area contributed by atoms with E-state index in [1.165, 1.54) is 5.08 Å². The number of carbonyl (C=O) groups is 1. The van der Waals surface area contributed by atoms with Crippen LogP contribution in [0.25, 0.3) is 0 Å². The molecule has 7 heteroatoms. The first-order valence-corrected chi connectivity index (χ1v) is 8.71. The first-order chi connectivity index (χ1) is 8.22. The Balaban J connectivity index is 2.04. The van der Waals surface area contributed by atoms with Crippen molar-refractivity contribution < 1.29 is 9.53 Å². The number of ether oxygens (including phenoxy) is 1. The van der Waals surface area contributed by atoms with Crippen molar-refractivity contribution in [2.45, 2.75) is 5.25 Å². The van der Waals surface area contributed by atoms with Crippen LogP contribution >= 0.6 is 47.5 Å². The number of esters is 1. The first-order valence-electron chi connectivity index (χ1n) is 5.11. The van der Waals surface area contributed by atoms with Gasteiger partial charge in [-0.3, -0.25) is 0 Å². The minimum Gasteiger partial charge on any atom is -0.461 e. The molecule has 3 nitrogen and oxygen atoms in total. The monoisotopic (exact) mass is 309 g/mol. The third kappa shape index (κ3) is 7.23. The van der Waals surface area contributed by atoms with E-state index in [4.69, 9.17) is 17.0 Å². The van der Waals surface area contributed by atoms with Crippen molar-refractivity contribution in [3.8, 4) is 0 Å². The van der Waals surface area contributed by atoms with E-state index in [0.717, 1.165) is 21.9 Å². The molecule has 0 aromatic heterocycles. The molecule has 0 aromatic rings. The van der Waals surface area contributed by atoms with Gasteiger partial charge in [-0.1, -0.05) is 30.6 Å². The molecule has 0 aliphatic carbocycles. The molecular formula is C10H15NO2S4. The van der Waals surface area contributed by atoms with Gasteiger partial charge in [0.1, 0.15) is 10.9 Å². The summed E-state index contributed by atoms with van der Waals surface area (Å²) in [4.78, 5) is 10.8. The topological polar surface area (TPSA) is 38.3 Å². The van der Waals surface area contributed by atoms with Crippen molar-refractivity contribution in [1.82, 2.24) is 5.32 Å². The van der Waals surface area contributed by atoms with Crippen LogP contribution < -0.4 is 5.32 Å². The number of carbonyl (C=O) groups excluding carboxylic acids is 1. The minimum atomic E-state index is -0.398. The molecule has 0 bridgehead atoms. The highest BCUT2D eigenvalue weighted by atomic mass is 32.2. The summed E-state index contributed by atoms with van der Waals surface area (Å²) in [5.41, 5.74) is 0. The molecule has 1 saturated heterocycles. The third-order valence-corrected chi connectivity index (χ3v) is 6.32. The fourth-order valence-electron chi connectivity index (χ4n) is 1.09. The van der Waals surface area contributed by atoms with Gasteiger partial charge in [0.15, 0.2) is 0 Å². The first kappa shape index (κ1) is 15.2. The molecular weight excluding hydrogens is 294 g/mol. The normalized spacial score (nSPS) is 16.2. The van der Waals surface area contributed by atoms with Crippen LogP contribution in [-0.2, 0) is 9.53 Å². The predicted molar refractivity (Wildman–Crippen MR) is 82.9 cm³/mol. The lowest BCUT2D eigenvalue weighted by molar-refractivity contribution is -0.137. The van der Waals surface area contributed by atoms with Gasteiger partial charge < -0.3 is 10.1 Å². The van der Waals surface area contributed by atoms with Gasteiger partial charge in [0.25, 0.3) is 0 Å². The molecule has 1 rings (SSSR count). The summed E-state index contributed by atoms with van der Waals surface area (Å²) < 4.78 is 5.62. The summed E-state index contributed by atoms with van der Waals surface area (Å²) in [5, 5.41) is 4.86.